The van der Waals surface area contributed by atoms with Crippen LogP contribution >= 0.6 is 0 Å². The van der Waals surface area contributed by atoms with E-state index < -0.39 is 0 Å². The van der Waals surface area contributed by atoms with E-state index in [0.717, 1.165) is 19.6 Å². The van der Waals surface area contributed by atoms with Crippen molar-refractivity contribution in [1.29, 1.82) is 0 Å². The first-order valence-electron chi connectivity index (χ1n) is 6.14. The molecule has 0 aromatic carbocycles. The van der Waals surface area contributed by atoms with E-state index in [1.54, 1.807) is 0 Å². The highest BCUT2D eigenvalue weighted by Crippen LogP contribution is 2.16. The fourth-order valence-electron chi connectivity index (χ4n) is 1.88. The number of aliphatic hydroxyl groups excluding tert-OH is 1. The van der Waals surface area contributed by atoms with Crippen molar-refractivity contribution in [2.75, 3.05) is 19.8 Å². The monoisotopic (exact) mass is 215 g/mol. The third kappa shape index (κ3) is 4.09. The summed E-state index contributed by atoms with van der Waals surface area (Å²) in [6.07, 6.45) is 1.93. The minimum atomic E-state index is -0.251. The van der Waals surface area contributed by atoms with E-state index in [1.807, 2.05) is 0 Å². The van der Waals surface area contributed by atoms with Gasteiger partial charge in [0, 0.05) is 25.1 Å². The molecule has 0 saturated carbocycles. The maximum atomic E-state index is 9.91. The van der Waals surface area contributed by atoms with Crippen molar-refractivity contribution in [2.24, 2.45) is 11.8 Å². The summed E-state index contributed by atoms with van der Waals surface area (Å²) >= 11 is 0. The second kappa shape index (κ2) is 6.46. The molecule has 0 amide bonds. The highest BCUT2D eigenvalue weighted by Gasteiger charge is 2.24. The van der Waals surface area contributed by atoms with Crippen LogP contribution in [0.2, 0.25) is 0 Å². The molecule has 15 heavy (non-hydrogen) atoms. The SMILES string of the molecule is CCC(C)C(C)NCC(O)C1CCOC1. The Morgan fingerprint density at radius 2 is 2.20 bits per heavy atom. The molecular weight excluding hydrogens is 190 g/mol. The van der Waals surface area contributed by atoms with Crippen molar-refractivity contribution in [1.82, 2.24) is 5.32 Å². The van der Waals surface area contributed by atoms with E-state index in [2.05, 4.69) is 26.1 Å². The van der Waals surface area contributed by atoms with E-state index in [0.29, 0.717) is 24.4 Å². The molecule has 4 atom stereocenters. The van der Waals surface area contributed by atoms with Gasteiger partial charge in [0.1, 0.15) is 0 Å². The lowest BCUT2D eigenvalue weighted by Crippen LogP contribution is -2.40. The van der Waals surface area contributed by atoms with Crippen molar-refractivity contribution in [3.05, 3.63) is 0 Å². The van der Waals surface area contributed by atoms with Crippen LogP contribution in [-0.2, 0) is 4.74 Å². The van der Waals surface area contributed by atoms with E-state index in [-0.39, 0.29) is 6.10 Å². The molecule has 1 saturated heterocycles. The van der Waals surface area contributed by atoms with Crippen molar-refractivity contribution in [2.45, 2.75) is 45.8 Å². The Morgan fingerprint density at radius 1 is 1.47 bits per heavy atom. The van der Waals surface area contributed by atoms with Gasteiger partial charge in [0.25, 0.3) is 0 Å². The molecule has 0 bridgehead atoms. The normalized spacial score (nSPS) is 27.6. The maximum Gasteiger partial charge on any atom is 0.0715 e. The summed E-state index contributed by atoms with van der Waals surface area (Å²) in [6, 6.07) is 0.479. The van der Waals surface area contributed by atoms with Crippen molar-refractivity contribution in [3.8, 4) is 0 Å². The Labute approximate surface area is 93.2 Å². The second-order valence-electron chi connectivity index (χ2n) is 4.77. The Hall–Kier alpha value is -0.120. The Bertz CT molecular complexity index is 169. The summed E-state index contributed by atoms with van der Waals surface area (Å²) in [4.78, 5) is 0. The molecule has 0 aromatic rings. The Morgan fingerprint density at radius 3 is 2.73 bits per heavy atom. The average Bonchev–Trinajstić information content (AvgIpc) is 2.77. The molecule has 3 heteroatoms. The van der Waals surface area contributed by atoms with Gasteiger partial charge in [-0.25, -0.2) is 0 Å². The van der Waals surface area contributed by atoms with Gasteiger partial charge in [-0.2, -0.15) is 0 Å². The van der Waals surface area contributed by atoms with Crippen molar-refractivity contribution in [3.63, 3.8) is 0 Å². The summed E-state index contributed by atoms with van der Waals surface area (Å²) in [5.41, 5.74) is 0. The van der Waals surface area contributed by atoms with Crippen LogP contribution in [0.4, 0.5) is 0 Å². The minimum Gasteiger partial charge on any atom is -0.391 e. The van der Waals surface area contributed by atoms with Crippen LogP contribution in [0.25, 0.3) is 0 Å². The lowest BCUT2D eigenvalue weighted by atomic mass is 9.98. The number of nitrogens with one attached hydrogen (secondary N) is 1. The number of hydrogen-bond acceptors (Lipinski definition) is 3. The summed E-state index contributed by atoms with van der Waals surface area (Å²) in [7, 11) is 0. The lowest BCUT2D eigenvalue weighted by molar-refractivity contribution is 0.0870. The molecule has 2 N–H and O–H groups in total. The first kappa shape index (κ1) is 12.9. The highest BCUT2D eigenvalue weighted by atomic mass is 16.5. The van der Waals surface area contributed by atoms with Gasteiger partial charge in [0.05, 0.1) is 12.7 Å². The fourth-order valence-corrected chi connectivity index (χ4v) is 1.88. The van der Waals surface area contributed by atoms with E-state index in [1.165, 1.54) is 6.42 Å². The molecule has 0 aliphatic carbocycles. The molecule has 3 nitrogen and oxygen atoms in total. The zero-order valence-electron chi connectivity index (χ0n) is 10.2. The van der Waals surface area contributed by atoms with Gasteiger partial charge in [0.2, 0.25) is 0 Å². The topological polar surface area (TPSA) is 41.5 Å². The number of rotatable bonds is 6. The minimum absolute atomic E-state index is 0.251. The maximum absolute atomic E-state index is 9.91. The van der Waals surface area contributed by atoms with Crippen LogP contribution in [0.15, 0.2) is 0 Å². The molecular formula is C12H25NO2. The van der Waals surface area contributed by atoms with E-state index in [9.17, 15) is 5.11 Å². The molecule has 0 aromatic heterocycles. The van der Waals surface area contributed by atoms with Gasteiger partial charge >= 0.3 is 0 Å². The first-order chi connectivity index (χ1) is 7.15. The van der Waals surface area contributed by atoms with Gasteiger partial charge in [-0.1, -0.05) is 20.3 Å². The summed E-state index contributed by atoms with van der Waals surface area (Å²) in [5.74, 6) is 0.999. The fraction of sp³-hybridized carbons (Fsp3) is 1.00. The predicted octanol–water partition coefficient (Wildman–Crippen LogP) is 1.41. The molecule has 1 aliphatic rings. The van der Waals surface area contributed by atoms with Crippen molar-refractivity contribution < 1.29 is 9.84 Å². The quantitative estimate of drug-likeness (QED) is 0.704. The van der Waals surface area contributed by atoms with Crippen LogP contribution in [0.3, 0.4) is 0 Å². The summed E-state index contributed by atoms with van der Waals surface area (Å²) in [5, 5.41) is 13.3. The lowest BCUT2D eigenvalue weighted by Gasteiger charge is -2.23. The van der Waals surface area contributed by atoms with Gasteiger partial charge in [-0.05, 0) is 19.3 Å². The summed E-state index contributed by atoms with van der Waals surface area (Å²) < 4.78 is 5.27. The average molecular weight is 215 g/mol. The number of hydrogen-bond donors (Lipinski definition) is 2. The molecule has 90 valence electrons. The summed E-state index contributed by atoms with van der Waals surface area (Å²) in [6.45, 7) is 8.85. The van der Waals surface area contributed by atoms with Crippen LogP contribution in [0.5, 0.6) is 0 Å². The first-order valence-corrected chi connectivity index (χ1v) is 6.14. The Balaban J connectivity index is 2.17. The van der Waals surface area contributed by atoms with E-state index in [4.69, 9.17) is 4.74 Å². The standard InChI is InChI=1S/C12H25NO2/c1-4-9(2)10(3)13-7-12(14)11-5-6-15-8-11/h9-14H,4-8H2,1-3H3. The third-order valence-electron chi connectivity index (χ3n) is 3.66. The zero-order chi connectivity index (χ0) is 11.3. The molecule has 1 rings (SSSR count). The van der Waals surface area contributed by atoms with Crippen LogP contribution in [0.1, 0.15) is 33.6 Å². The third-order valence-corrected chi connectivity index (χ3v) is 3.66. The van der Waals surface area contributed by atoms with E-state index >= 15 is 0 Å². The molecule has 1 aliphatic heterocycles. The molecule has 1 fully saturated rings. The zero-order valence-corrected chi connectivity index (χ0v) is 10.2. The van der Waals surface area contributed by atoms with Gasteiger partial charge < -0.3 is 15.2 Å². The van der Waals surface area contributed by atoms with Crippen LogP contribution < -0.4 is 5.32 Å². The number of aliphatic hydroxyl groups is 1. The molecule has 0 spiro atoms. The van der Waals surface area contributed by atoms with Crippen LogP contribution in [-0.4, -0.2) is 37.0 Å². The number of ether oxygens (including phenoxy) is 1. The Kier molecular flexibility index (Phi) is 5.58. The van der Waals surface area contributed by atoms with Crippen LogP contribution in [0, 0.1) is 11.8 Å². The van der Waals surface area contributed by atoms with Gasteiger partial charge in [0.15, 0.2) is 0 Å². The van der Waals surface area contributed by atoms with Gasteiger partial charge in [-0.3, -0.25) is 0 Å². The van der Waals surface area contributed by atoms with Gasteiger partial charge in [-0.15, -0.1) is 0 Å². The highest BCUT2D eigenvalue weighted by molar-refractivity contribution is 4.77. The smallest absolute Gasteiger partial charge is 0.0715 e. The molecule has 0 radical (unpaired) electrons. The largest absolute Gasteiger partial charge is 0.391 e. The predicted molar refractivity (Wildman–Crippen MR) is 61.9 cm³/mol. The van der Waals surface area contributed by atoms with Crippen molar-refractivity contribution >= 4 is 0 Å². The molecule has 4 unspecified atom stereocenters. The second-order valence-corrected chi connectivity index (χ2v) is 4.77. The molecule has 1 heterocycles.